The lowest BCUT2D eigenvalue weighted by Gasteiger charge is -2.15. The van der Waals surface area contributed by atoms with Crippen LogP contribution in [0, 0.1) is 0 Å². The molecule has 2 aromatic rings. The third-order valence-corrected chi connectivity index (χ3v) is 3.62. The minimum absolute atomic E-state index is 0.211. The SMILES string of the molecule is O=C(O)CC(NC(=O)C(=Cc1ccccc1)NC(=O)c1ccccc1)C(=O)O. The van der Waals surface area contributed by atoms with Crippen LogP contribution in [0.4, 0.5) is 0 Å². The molecule has 1 unspecified atom stereocenters. The van der Waals surface area contributed by atoms with E-state index in [9.17, 15) is 19.2 Å². The zero-order chi connectivity index (χ0) is 20.5. The summed E-state index contributed by atoms with van der Waals surface area (Å²) in [5, 5.41) is 22.5. The summed E-state index contributed by atoms with van der Waals surface area (Å²) in [5.41, 5.74) is 0.678. The van der Waals surface area contributed by atoms with Crippen LogP contribution in [0.3, 0.4) is 0 Å². The van der Waals surface area contributed by atoms with E-state index in [1.165, 1.54) is 6.08 Å². The minimum Gasteiger partial charge on any atom is -0.481 e. The van der Waals surface area contributed by atoms with Crippen molar-refractivity contribution in [2.45, 2.75) is 12.5 Å². The molecule has 8 nitrogen and oxygen atoms in total. The Morgan fingerprint density at radius 1 is 0.893 bits per heavy atom. The van der Waals surface area contributed by atoms with Gasteiger partial charge in [0.2, 0.25) is 0 Å². The summed E-state index contributed by atoms with van der Waals surface area (Å²) in [6, 6.07) is 15.1. The van der Waals surface area contributed by atoms with Crippen molar-refractivity contribution in [3.05, 3.63) is 77.5 Å². The van der Waals surface area contributed by atoms with Gasteiger partial charge in [0.25, 0.3) is 11.8 Å². The van der Waals surface area contributed by atoms with Gasteiger partial charge in [0, 0.05) is 5.56 Å². The number of benzene rings is 2. The molecule has 0 spiro atoms. The Morgan fingerprint density at radius 3 is 2.00 bits per heavy atom. The molecule has 0 aromatic heterocycles. The summed E-state index contributed by atoms with van der Waals surface area (Å²) in [6.45, 7) is 0. The average Bonchev–Trinajstić information content (AvgIpc) is 2.68. The number of hydrogen-bond acceptors (Lipinski definition) is 4. The fourth-order valence-corrected chi connectivity index (χ4v) is 2.27. The van der Waals surface area contributed by atoms with Crippen LogP contribution >= 0.6 is 0 Å². The van der Waals surface area contributed by atoms with Crippen molar-refractivity contribution in [3.63, 3.8) is 0 Å². The maximum atomic E-state index is 12.6. The van der Waals surface area contributed by atoms with Gasteiger partial charge < -0.3 is 20.8 Å². The van der Waals surface area contributed by atoms with Gasteiger partial charge in [-0.25, -0.2) is 4.79 Å². The Kier molecular flexibility index (Phi) is 7.04. The summed E-state index contributed by atoms with van der Waals surface area (Å²) in [4.78, 5) is 47.0. The molecule has 2 rings (SSSR count). The predicted molar refractivity (Wildman–Crippen MR) is 100 cm³/mol. The molecule has 2 aromatic carbocycles. The van der Waals surface area contributed by atoms with Crippen LogP contribution in [0.5, 0.6) is 0 Å². The maximum Gasteiger partial charge on any atom is 0.326 e. The van der Waals surface area contributed by atoms with Gasteiger partial charge >= 0.3 is 11.9 Å². The summed E-state index contributed by atoms with van der Waals surface area (Å²) < 4.78 is 0. The van der Waals surface area contributed by atoms with Crippen LogP contribution in [0.1, 0.15) is 22.3 Å². The van der Waals surface area contributed by atoms with Crippen molar-refractivity contribution >= 4 is 29.8 Å². The molecule has 144 valence electrons. The topological polar surface area (TPSA) is 133 Å². The van der Waals surface area contributed by atoms with E-state index in [4.69, 9.17) is 10.2 Å². The van der Waals surface area contributed by atoms with Crippen LogP contribution in [0.2, 0.25) is 0 Å². The summed E-state index contributed by atoms with van der Waals surface area (Å²) in [7, 11) is 0. The number of rotatable bonds is 8. The van der Waals surface area contributed by atoms with Gasteiger partial charge in [0.15, 0.2) is 0 Å². The molecule has 4 N–H and O–H groups in total. The highest BCUT2D eigenvalue weighted by atomic mass is 16.4. The van der Waals surface area contributed by atoms with Crippen molar-refractivity contribution in [1.29, 1.82) is 0 Å². The molecule has 0 aliphatic carbocycles. The molecule has 0 aliphatic heterocycles. The van der Waals surface area contributed by atoms with Gasteiger partial charge in [-0.2, -0.15) is 0 Å². The van der Waals surface area contributed by atoms with Crippen LogP contribution < -0.4 is 10.6 Å². The first-order valence-electron chi connectivity index (χ1n) is 8.25. The molecule has 8 heteroatoms. The van der Waals surface area contributed by atoms with E-state index in [1.54, 1.807) is 60.7 Å². The van der Waals surface area contributed by atoms with E-state index in [0.717, 1.165) is 0 Å². The van der Waals surface area contributed by atoms with Crippen LogP contribution in [-0.4, -0.2) is 40.0 Å². The summed E-state index contributed by atoms with van der Waals surface area (Å²) in [5.74, 6) is -4.36. The van der Waals surface area contributed by atoms with Gasteiger partial charge in [-0.05, 0) is 23.8 Å². The molecule has 2 amide bonds. The smallest absolute Gasteiger partial charge is 0.326 e. The zero-order valence-electron chi connectivity index (χ0n) is 14.7. The first kappa shape index (κ1) is 20.4. The highest BCUT2D eigenvalue weighted by molar-refractivity contribution is 6.06. The standard InChI is InChI=1S/C20H18N2O6/c23-17(24)12-16(20(27)28)22-19(26)15(11-13-7-3-1-4-8-13)21-18(25)14-9-5-2-6-10-14/h1-11,16H,12H2,(H,21,25)(H,22,26)(H,23,24)(H,27,28). The quantitative estimate of drug-likeness (QED) is 0.512. The van der Waals surface area contributed by atoms with Gasteiger partial charge in [-0.1, -0.05) is 48.5 Å². The fraction of sp³-hybridized carbons (Fsp3) is 0.100. The molecule has 28 heavy (non-hydrogen) atoms. The lowest BCUT2D eigenvalue weighted by atomic mass is 10.1. The van der Waals surface area contributed by atoms with Gasteiger partial charge in [0.05, 0.1) is 6.42 Å². The molecular weight excluding hydrogens is 364 g/mol. The Labute approximate surface area is 160 Å². The number of amides is 2. The molecule has 0 bridgehead atoms. The first-order valence-corrected chi connectivity index (χ1v) is 8.25. The highest BCUT2D eigenvalue weighted by Gasteiger charge is 2.25. The molecule has 0 radical (unpaired) electrons. The second kappa shape index (κ2) is 9.67. The molecule has 0 fully saturated rings. The Hall–Kier alpha value is -3.94. The number of carbonyl (C=O) groups excluding carboxylic acids is 2. The number of carboxylic acids is 2. The number of hydrogen-bond donors (Lipinski definition) is 4. The Balaban J connectivity index is 2.28. The molecular formula is C20H18N2O6. The Bertz CT molecular complexity index is 893. The van der Waals surface area contributed by atoms with Crippen molar-refractivity contribution in [1.82, 2.24) is 10.6 Å². The first-order chi connectivity index (χ1) is 13.4. The number of nitrogens with one attached hydrogen (secondary N) is 2. The highest BCUT2D eigenvalue weighted by Crippen LogP contribution is 2.08. The van der Waals surface area contributed by atoms with Crippen molar-refractivity contribution in [2.75, 3.05) is 0 Å². The Morgan fingerprint density at radius 2 is 1.46 bits per heavy atom. The number of aliphatic carboxylic acids is 2. The van der Waals surface area contributed by atoms with E-state index in [-0.39, 0.29) is 5.70 Å². The average molecular weight is 382 g/mol. The van der Waals surface area contributed by atoms with Gasteiger partial charge in [0.1, 0.15) is 11.7 Å². The predicted octanol–water partition coefficient (Wildman–Crippen LogP) is 1.50. The van der Waals surface area contributed by atoms with Crippen LogP contribution in [0.15, 0.2) is 66.4 Å². The van der Waals surface area contributed by atoms with Crippen molar-refractivity contribution < 1.29 is 29.4 Å². The van der Waals surface area contributed by atoms with E-state index in [2.05, 4.69) is 10.6 Å². The lowest BCUT2D eigenvalue weighted by molar-refractivity contribution is -0.146. The lowest BCUT2D eigenvalue weighted by Crippen LogP contribution is -2.45. The van der Waals surface area contributed by atoms with Crippen LogP contribution in [0.25, 0.3) is 6.08 Å². The third-order valence-electron chi connectivity index (χ3n) is 3.62. The normalized spacial score (nSPS) is 11.9. The minimum atomic E-state index is -1.64. The maximum absolute atomic E-state index is 12.6. The largest absolute Gasteiger partial charge is 0.481 e. The molecule has 0 saturated heterocycles. The third kappa shape index (κ3) is 6.10. The zero-order valence-corrected chi connectivity index (χ0v) is 14.7. The van der Waals surface area contributed by atoms with E-state index in [1.807, 2.05) is 0 Å². The van der Waals surface area contributed by atoms with E-state index >= 15 is 0 Å². The fourth-order valence-electron chi connectivity index (χ4n) is 2.27. The second-order valence-electron chi connectivity index (χ2n) is 5.75. The monoisotopic (exact) mass is 382 g/mol. The second-order valence-corrected chi connectivity index (χ2v) is 5.75. The van der Waals surface area contributed by atoms with E-state index in [0.29, 0.717) is 11.1 Å². The van der Waals surface area contributed by atoms with Crippen molar-refractivity contribution in [3.8, 4) is 0 Å². The summed E-state index contributed by atoms with van der Waals surface area (Å²) in [6.07, 6.45) is 0.572. The van der Waals surface area contributed by atoms with Crippen LogP contribution in [-0.2, 0) is 14.4 Å². The molecule has 0 aliphatic rings. The number of carbonyl (C=O) groups is 4. The van der Waals surface area contributed by atoms with Gasteiger partial charge in [-0.15, -0.1) is 0 Å². The van der Waals surface area contributed by atoms with Gasteiger partial charge in [-0.3, -0.25) is 14.4 Å². The van der Waals surface area contributed by atoms with E-state index < -0.39 is 36.2 Å². The molecule has 0 heterocycles. The molecule has 0 saturated carbocycles. The number of carboxylic acid groups (broad SMARTS) is 2. The molecule has 1 atom stereocenters. The summed E-state index contributed by atoms with van der Waals surface area (Å²) >= 11 is 0. The van der Waals surface area contributed by atoms with Crippen molar-refractivity contribution in [2.24, 2.45) is 0 Å².